The maximum atomic E-state index is 12.2. The van der Waals surface area contributed by atoms with Gasteiger partial charge in [0, 0.05) is 5.92 Å². The highest BCUT2D eigenvalue weighted by molar-refractivity contribution is 4.84. The van der Waals surface area contributed by atoms with E-state index in [0.717, 1.165) is 60.3 Å². The molecule has 0 radical (unpaired) electrons. The highest BCUT2D eigenvalue weighted by atomic mass is 19.5. The van der Waals surface area contributed by atoms with Crippen LogP contribution in [0.2, 0.25) is 0 Å². The number of rotatable bonds is 7. The van der Waals surface area contributed by atoms with Crippen molar-refractivity contribution in [1.82, 2.24) is 0 Å². The lowest BCUT2D eigenvalue weighted by Crippen LogP contribution is -2.44. The standard InChI is InChI=1S/C5H6F6.C5H8F4.2C5H9F3.2C5H12.C4H5F5.2C4H6F4.C4H7F3.C4H8F2.2C4H9F.C4H10.4CH3F/c1-3(2,4(6,7)8)5(9,10)11;1-3-4(2,6)5(7,8)9;1-4(2,3)5(6,7)8;1-3-4(2)5(6,7)8;1-5(2,3)4;1-4-5(2)3;1-3(6,2-5)4(7,8)9;1-3(2,5)4(6,7)8;1-3(2-5)4(6,7)8;1-3(2)4(5,6)7;1-4(2,6)3-5;1-4(2,3)5;1-4(2)3-5;1-4(2)3;4*1-2/h1-2H3;3H2,1-2H3;1-3H3;4H,3H2,1-2H3;1-4H3;5H,4H2,1-3H3;2H2,1H3;1-2H3;3H,2H2,1H3;3H,1-2H3;3H2,1-2H3;1-3H3;4H,3H2,1-2H3;4H,1-3H3;4*1H3. The molecule has 0 spiro atoms. The number of hydrogen-bond donors (Lipinski definition) is 0. The van der Waals surface area contributed by atoms with Gasteiger partial charge in [0.15, 0.2) is 11.1 Å². The van der Waals surface area contributed by atoms with Gasteiger partial charge in [-0.25, -0.2) is 30.7 Å². The van der Waals surface area contributed by atoms with Gasteiger partial charge in [0.1, 0.15) is 31.4 Å². The molecule has 40 heteroatoms. The van der Waals surface area contributed by atoms with E-state index in [1.54, 1.807) is 0 Å². The molecule has 0 saturated heterocycles. The van der Waals surface area contributed by atoms with Crippen LogP contribution in [0, 0.1) is 51.8 Å². The molecule has 106 heavy (non-hydrogen) atoms. The summed E-state index contributed by atoms with van der Waals surface area (Å²) in [5.41, 5.74) is -17.1. The maximum absolute atomic E-state index is 12.2. The van der Waals surface area contributed by atoms with Crippen LogP contribution in [-0.4, -0.2) is 139 Å². The molecule has 0 aromatic rings. The average Bonchev–Trinajstić information content (AvgIpc) is 0.792. The molecule has 0 rings (SSSR count). The highest BCUT2D eigenvalue weighted by Crippen LogP contribution is 2.49. The minimum Gasteiger partial charge on any atom is -0.255 e. The first-order valence-electron chi connectivity index (χ1n) is 31.2. The zero-order chi connectivity index (χ0) is 92.9. The predicted molar refractivity (Wildman–Crippen MR) is 349 cm³/mol. The monoisotopic (exact) mass is 1680 g/mol. The number of hydrogen-bond acceptors (Lipinski definition) is 0. The summed E-state index contributed by atoms with van der Waals surface area (Å²) in [5.74, 6) is -2.23. The van der Waals surface area contributed by atoms with E-state index in [-0.39, 0.29) is 39.8 Å². The van der Waals surface area contributed by atoms with E-state index in [2.05, 4.69) is 69.2 Å². The van der Waals surface area contributed by atoms with E-state index in [1.165, 1.54) is 54.9 Å². The topological polar surface area (TPSA) is 0 Å². The molecule has 4 atom stereocenters. The fraction of sp³-hybridized carbons (Fsp3) is 1.00. The van der Waals surface area contributed by atoms with Crippen molar-refractivity contribution in [1.29, 1.82) is 0 Å². The lowest BCUT2D eigenvalue weighted by molar-refractivity contribution is -0.327. The second-order valence-corrected chi connectivity index (χ2v) is 28.4. The van der Waals surface area contributed by atoms with Gasteiger partial charge in [-0.2, -0.15) is 119 Å². The smallest absolute Gasteiger partial charge is 0.255 e. The van der Waals surface area contributed by atoms with Crippen molar-refractivity contribution in [2.24, 2.45) is 51.8 Å². The second-order valence-electron chi connectivity index (χ2n) is 28.4. The fourth-order valence-corrected chi connectivity index (χ4v) is 0.756. The van der Waals surface area contributed by atoms with Gasteiger partial charge in [0.05, 0.1) is 52.6 Å². The van der Waals surface area contributed by atoms with Crippen LogP contribution in [0.4, 0.5) is 176 Å². The van der Waals surface area contributed by atoms with Crippen molar-refractivity contribution in [2.75, 3.05) is 55.4 Å². The van der Waals surface area contributed by atoms with Crippen LogP contribution in [0.5, 0.6) is 0 Å². The molecule has 0 saturated carbocycles. The molecule has 0 nitrogen and oxygen atoms in total. The van der Waals surface area contributed by atoms with Crippen LogP contribution >= 0.6 is 0 Å². The summed E-state index contributed by atoms with van der Waals surface area (Å²) in [7, 11) is 2.00. The molecule has 672 valence electrons. The van der Waals surface area contributed by atoms with Gasteiger partial charge in [-0.05, 0) is 112 Å². The van der Waals surface area contributed by atoms with Crippen LogP contribution in [0.25, 0.3) is 0 Å². The Kier molecular flexibility index (Phi) is 95.1. The third kappa shape index (κ3) is 137. The van der Waals surface area contributed by atoms with Crippen LogP contribution in [0.3, 0.4) is 0 Å². The third-order valence-electron chi connectivity index (χ3n) is 9.10. The van der Waals surface area contributed by atoms with Gasteiger partial charge < -0.3 is 0 Å². The van der Waals surface area contributed by atoms with Gasteiger partial charge in [-0.15, -0.1) is 0 Å². The van der Waals surface area contributed by atoms with Gasteiger partial charge in [-0.1, -0.05) is 152 Å². The van der Waals surface area contributed by atoms with Crippen molar-refractivity contribution >= 4 is 0 Å². The van der Waals surface area contributed by atoms with Crippen LogP contribution in [-0.2, 0) is 0 Å². The van der Waals surface area contributed by atoms with E-state index in [0.29, 0.717) is 54.9 Å². The molecule has 0 amide bonds. The van der Waals surface area contributed by atoms with Crippen molar-refractivity contribution in [3.05, 3.63) is 0 Å². The fourth-order valence-electron chi connectivity index (χ4n) is 0.756. The number of alkyl halides is 40. The normalized spacial score (nSPS) is 13.6. The zero-order valence-corrected chi connectivity index (χ0v) is 68.0. The maximum Gasteiger partial charge on any atom is 0.424 e. The van der Waals surface area contributed by atoms with E-state index in [9.17, 15) is 176 Å². The van der Waals surface area contributed by atoms with Crippen molar-refractivity contribution in [3.63, 3.8) is 0 Å². The van der Waals surface area contributed by atoms with Crippen molar-refractivity contribution < 1.29 is 176 Å². The zero-order valence-electron chi connectivity index (χ0n) is 68.0. The summed E-state index contributed by atoms with van der Waals surface area (Å²) in [5, 5.41) is 0. The first-order chi connectivity index (χ1) is 45.4. The average molecular weight is 1680 g/mol. The van der Waals surface area contributed by atoms with Gasteiger partial charge >= 0.3 is 55.6 Å². The summed E-state index contributed by atoms with van der Waals surface area (Å²) in [6.07, 6.45) is -40.5. The summed E-state index contributed by atoms with van der Waals surface area (Å²) in [6.45, 7) is 40.3. The second kappa shape index (κ2) is 67.9. The van der Waals surface area contributed by atoms with Crippen LogP contribution in [0.1, 0.15) is 241 Å². The molecule has 4 unspecified atom stereocenters. The van der Waals surface area contributed by atoms with Crippen LogP contribution in [0.15, 0.2) is 0 Å². The number of halogens is 40. The molecule has 0 N–H and O–H groups in total. The Morgan fingerprint density at radius 2 is 0.434 bits per heavy atom. The minimum absolute atomic E-state index is 0.104. The summed E-state index contributed by atoms with van der Waals surface area (Å²) >= 11 is 0. The molecular formula is C66H128F40. The van der Waals surface area contributed by atoms with Crippen molar-refractivity contribution in [3.8, 4) is 0 Å². The molecular weight excluding hydrogens is 1550 g/mol. The molecule has 0 heterocycles. The Labute approximate surface area is 606 Å². The van der Waals surface area contributed by atoms with Crippen molar-refractivity contribution in [2.45, 2.75) is 325 Å². The van der Waals surface area contributed by atoms with E-state index in [1.807, 2.05) is 13.8 Å². The predicted octanol–water partition coefficient (Wildman–Crippen LogP) is 33.1. The highest BCUT2D eigenvalue weighted by Gasteiger charge is 2.64. The molecule has 0 aliphatic heterocycles. The Hall–Kier alpha value is -2.80. The summed E-state index contributed by atoms with van der Waals surface area (Å²) in [6, 6.07) is 0. The summed E-state index contributed by atoms with van der Waals surface area (Å²) < 4.78 is 449. The van der Waals surface area contributed by atoms with Gasteiger partial charge in [-0.3, -0.25) is 26.3 Å². The Morgan fingerprint density at radius 3 is 0.434 bits per heavy atom. The first kappa shape index (κ1) is 148. The minimum atomic E-state index is -5.24. The Balaban J connectivity index is -0.0000000491. The van der Waals surface area contributed by atoms with Crippen LogP contribution < -0.4 is 0 Å². The van der Waals surface area contributed by atoms with Gasteiger partial charge in [0.2, 0.25) is 11.3 Å². The molecule has 0 bridgehead atoms. The molecule has 0 aromatic heterocycles. The first-order valence-corrected chi connectivity index (χ1v) is 31.2. The quantitative estimate of drug-likeness (QED) is 0.223. The van der Waals surface area contributed by atoms with E-state index in [4.69, 9.17) is 0 Å². The Bertz CT molecular complexity index is 1580. The molecule has 0 fully saturated rings. The van der Waals surface area contributed by atoms with E-state index < -0.39 is 139 Å². The lowest BCUT2D eigenvalue weighted by atomic mass is 9.92. The largest absolute Gasteiger partial charge is 0.424 e. The molecule has 0 aliphatic rings. The van der Waals surface area contributed by atoms with E-state index >= 15 is 0 Å². The molecule has 0 aromatic carbocycles. The lowest BCUT2D eigenvalue weighted by Gasteiger charge is -2.29. The summed E-state index contributed by atoms with van der Waals surface area (Å²) in [4.78, 5) is 0. The van der Waals surface area contributed by atoms with Gasteiger partial charge in [0.25, 0.3) is 0 Å². The molecule has 0 aliphatic carbocycles. The SMILES string of the molecule is CC(C)(C(F)(F)F)C(F)(F)F.CC(C)(C)C.CC(C)(C)C(F)(F)F.CC(C)(C)F.CC(C)(F)C(F)(F)F.CC(C)(F)CF.CC(C)C.CC(C)C(F)(F)F.CC(C)CF.CC(CF)C(F)(F)F.CC(F)(CF)C(F)(F)F.CCC(C)(F)C(F)(F)F.CCC(C)C.CCC(C)C(F)(F)F.CF.CF.CF.CF. The third-order valence-corrected chi connectivity index (χ3v) is 9.10. The Morgan fingerprint density at radius 1 is 0.264 bits per heavy atom.